The SMILES string of the molecule is CC(=O)Cl.COC(=O)Cc1ccc(O)c(O)c1.O=C(O)Cc1ccc(O)c(O)c1. The van der Waals surface area contributed by atoms with Crippen molar-refractivity contribution in [3.8, 4) is 23.0 Å². The number of halogens is 1. The van der Waals surface area contributed by atoms with Gasteiger partial charge in [0.15, 0.2) is 23.0 Å². The number of phenols is 4. The van der Waals surface area contributed by atoms with Gasteiger partial charge in [-0.1, -0.05) is 12.1 Å². The Hall–Kier alpha value is -3.46. The minimum absolute atomic E-state index is 0.0876. The van der Waals surface area contributed by atoms with Crippen molar-refractivity contribution in [3.05, 3.63) is 47.5 Å². The molecule has 0 aliphatic heterocycles. The number of aromatic hydroxyl groups is 4. The summed E-state index contributed by atoms with van der Waals surface area (Å²) in [7, 11) is 1.29. The number of benzene rings is 2. The molecule has 0 bridgehead atoms. The molecule has 2 aromatic rings. The molecule has 0 unspecified atom stereocenters. The molecule has 0 saturated heterocycles. The highest BCUT2D eigenvalue weighted by Gasteiger charge is 2.05. The van der Waals surface area contributed by atoms with Crippen LogP contribution in [-0.4, -0.2) is 49.8 Å². The van der Waals surface area contributed by atoms with Gasteiger partial charge < -0.3 is 30.3 Å². The average molecular weight is 429 g/mol. The maximum atomic E-state index is 10.8. The number of hydrogen-bond donors (Lipinski definition) is 5. The lowest BCUT2D eigenvalue weighted by Gasteiger charge is -2.01. The second kappa shape index (κ2) is 12.8. The smallest absolute Gasteiger partial charge is 0.309 e. The van der Waals surface area contributed by atoms with Crippen LogP contribution in [0.3, 0.4) is 0 Å². The molecule has 0 heterocycles. The number of aliphatic carboxylic acids is 1. The molecular weight excluding hydrogens is 408 g/mol. The highest BCUT2D eigenvalue weighted by Crippen LogP contribution is 2.25. The van der Waals surface area contributed by atoms with E-state index in [4.69, 9.17) is 25.5 Å². The summed E-state index contributed by atoms with van der Waals surface area (Å²) in [4.78, 5) is 30.2. The van der Waals surface area contributed by atoms with Crippen LogP contribution in [0, 0.1) is 0 Å². The zero-order valence-corrected chi connectivity index (χ0v) is 16.4. The van der Waals surface area contributed by atoms with Crippen molar-refractivity contribution >= 4 is 28.8 Å². The number of phenolic OH excluding ortho intramolecular Hbond substituents is 4. The summed E-state index contributed by atoms with van der Waals surface area (Å²) in [6, 6.07) is 8.13. The molecule has 0 aromatic heterocycles. The summed E-state index contributed by atoms with van der Waals surface area (Å²) in [5, 5.41) is 43.9. The number of methoxy groups -OCH3 is 1. The number of carbonyl (C=O) groups excluding carboxylic acids is 2. The van der Waals surface area contributed by atoms with Gasteiger partial charge in [0.1, 0.15) is 0 Å². The third-order valence-corrected chi connectivity index (χ3v) is 3.01. The Labute approximate surface area is 171 Å². The lowest BCUT2D eigenvalue weighted by atomic mass is 10.1. The Balaban J connectivity index is 0.000000459. The molecular formula is C19H21ClO9. The first kappa shape index (κ1) is 25.5. The fourth-order valence-corrected chi connectivity index (χ4v) is 1.77. The van der Waals surface area contributed by atoms with Crippen LogP contribution in [0.25, 0.3) is 0 Å². The van der Waals surface area contributed by atoms with E-state index in [2.05, 4.69) is 16.3 Å². The number of carboxylic acid groups (broad SMARTS) is 1. The van der Waals surface area contributed by atoms with Crippen molar-refractivity contribution in [1.29, 1.82) is 0 Å². The fraction of sp³-hybridized carbons (Fsp3) is 0.211. The number of esters is 1. The average Bonchev–Trinajstić information content (AvgIpc) is 2.61. The van der Waals surface area contributed by atoms with Gasteiger partial charge in [-0.3, -0.25) is 14.4 Å². The van der Waals surface area contributed by atoms with E-state index >= 15 is 0 Å². The fourth-order valence-electron chi connectivity index (χ4n) is 1.77. The molecule has 0 aliphatic rings. The summed E-state index contributed by atoms with van der Waals surface area (Å²) < 4.78 is 4.44. The van der Waals surface area contributed by atoms with E-state index in [-0.39, 0.29) is 47.1 Å². The van der Waals surface area contributed by atoms with E-state index in [0.717, 1.165) is 0 Å². The van der Waals surface area contributed by atoms with E-state index in [1.165, 1.54) is 44.4 Å². The minimum atomic E-state index is -0.972. The Morgan fingerprint density at radius 1 is 0.828 bits per heavy atom. The number of hydrogen-bond acceptors (Lipinski definition) is 8. The molecule has 10 heteroatoms. The first-order valence-electron chi connectivity index (χ1n) is 7.92. The lowest BCUT2D eigenvalue weighted by Crippen LogP contribution is -2.03. The van der Waals surface area contributed by atoms with Crippen molar-refractivity contribution in [2.45, 2.75) is 19.8 Å². The first-order chi connectivity index (χ1) is 13.5. The number of carboxylic acids is 1. The zero-order valence-electron chi connectivity index (χ0n) is 15.6. The summed E-state index contributed by atoms with van der Waals surface area (Å²) in [6.45, 7) is 1.29. The Kier molecular flexibility index (Phi) is 11.3. The predicted molar refractivity (Wildman–Crippen MR) is 103 cm³/mol. The molecule has 0 fully saturated rings. The van der Waals surface area contributed by atoms with E-state index < -0.39 is 5.97 Å². The van der Waals surface area contributed by atoms with Gasteiger partial charge in [0.2, 0.25) is 5.24 Å². The van der Waals surface area contributed by atoms with Crippen LogP contribution < -0.4 is 0 Å². The molecule has 0 aliphatic carbocycles. The Bertz CT molecular complexity index is 846. The molecule has 0 spiro atoms. The summed E-state index contributed by atoms with van der Waals surface area (Å²) >= 11 is 4.64. The highest BCUT2D eigenvalue weighted by atomic mass is 35.5. The van der Waals surface area contributed by atoms with Gasteiger partial charge in [-0.2, -0.15) is 0 Å². The second-order valence-corrected chi connectivity index (χ2v) is 5.97. The lowest BCUT2D eigenvalue weighted by molar-refractivity contribution is -0.140. The van der Waals surface area contributed by atoms with Crippen molar-refractivity contribution in [1.82, 2.24) is 0 Å². The topological polar surface area (TPSA) is 162 Å². The summed E-state index contributed by atoms with van der Waals surface area (Å²) in [5.74, 6) is -2.34. The van der Waals surface area contributed by atoms with Gasteiger partial charge in [-0.25, -0.2) is 0 Å². The number of ether oxygens (including phenoxy) is 1. The molecule has 5 N–H and O–H groups in total. The van der Waals surface area contributed by atoms with Crippen LogP contribution in [0.2, 0.25) is 0 Å². The molecule has 0 saturated carbocycles. The van der Waals surface area contributed by atoms with Gasteiger partial charge in [0.05, 0.1) is 20.0 Å². The molecule has 0 radical (unpaired) electrons. The van der Waals surface area contributed by atoms with E-state index in [1.807, 2.05) is 0 Å². The van der Waals surface area contributed by atoms with Crippen LogP contribution in [0.1, 0.15) is 18.1 Å². The molecule has 0 atom stereocenters. The zero-order chi connectivity index (χ0) is 22.6. The highest BCUT2D eigenvalue weighted by molar-refractivity contribution is 6.62. The third kappa shape index (κ3) is 11.8. The second-order valence-electron chi connectivity index (χ2n) is 5.44. The maximum Gasteiger partial charge on any atom is 0.309 e. The minimum Gasteiger partial charge on any atom is -0.504 e. The maximum absolute atomic E-state index is 10.8. The molecule has 2 rings (SSSR count). The van der Waals surface area contributed by atoms with Gasteiger partial charge in [-0.05, 0) is 47.0 Å². The van der Waals surface area contributed by atoms with Crippen LogP contribution in [0.15, 0.2) is 36.4 Å². The van der Waals surface area contributed by atoms with Crippen LogP contribution in [-0.2, 0) is 32.0 Å². The van der Waals surface area contributed by atoms with E-state index in [9.17, 15) is 14.4 Å². The molecule has 0 amide bonds. The van der Waals surface area contributed by atoms with Crippen molar-refractivity contribution in [3.63, 3.8) is 0 Å². The Morgan fingerprint density at radius 2 is 1.21 bits per heavy atom. The molecule has 9 nitrogen and oxygen atoms in total. The van der Waals surface area contributed by atoms with Gasteiger partial charge in [-0.15, -0.1) is 0 Å². The monoisotopic (exact) mass is 428 g/mol. The first-order valence-corrected chi connectivity index (χ1v) is 8.30. The van der Waals surface area contributed by atoms with E-state index in [0.29, 0.717) is 11.1 Å². The summed E-state index contributed by atoms with van der Waals surface area (Å²) in [5.41, 5.74) is 1.06. The van der Waals surface area contributed by atoms with Crippen molar-refractivity contribution in [2.24, 2.45) is 0 Å². The van der Waals surface area contributed by atoms with Crippen LogP contribution in [0.5, 0.6) is 23.0 Å². The third-order valence-electron chi connectivity index (χ3n) is 3.01. The molecule has 29 heavy (non-hydrogen) atoms. The summed E-state index contributed by atoms with van der Waals surface area (Å²) in [6.07, 6.45) is -0.0713. The van der Waals surface area contributed by atoms with Gasteiger partial charge >= 0.3 is 11.9 Å². The normalized spacial score (nSPS) is 9.21. The van der Waals surface area contributed by atoms with Gasteiger partial charge in [0, 0.05) is 6.92 Å². The number of rotatable bonds is 4. The standard InChI is InChI=1S/C9H10O4.C8H8O4.C2H3ClO/c1-13-9(12)5-6-2-3-7(10)8(11)4-6;9-6-2-1-5(3-7(6)10)4-8(11)12;1-2(3)4/h2-4,10-11H,5H2,1H3;1-3,9-10H,4H2,(H,11,12);1H3. The van der Waals surface area contributed by atoms with Crippen LogP contribution in [0.4, 0.5) is 0 Å². The largest absolute Gasteiger partial charge is 0.504 e. The van der Waals surface area contributed by atoms with Gasteiger partial charge in [0.25, 0.3) is 0 Å². The predicted octanol–water partition coefficient (Wildman–Crippen LogP) is 2.31. The number of carbonyl (C=O) groups is 3. The van der Waals surface area contributed by atoms with Crippen molar-refractivity contribution < 1.29 is 44.7 Å². The van der Waals surface area contributed by atoms with Crippen molar-refractivity contribution in [2.75, 3.05) is 7.11 Å². The van der Waals surface area contributed by atoms with E-state index in [1.54, 1.807) is 6.07 Å². The molecule has 2 aromatic carbocycles. The molecule has 158 valence electrons. The Morgan fingerprint density at radius 3 is 1.52 bits per heavy atom. The van der Waals surface area contributed by atoms with Crippen LogP contribution >= 0.6 is 11.6 Å². The quantitative estimate of drug-likeness (QED) is 0.279.